The fourth-order valence-corrected chi connectivity index (χ4v) is 3.79. The minimum absolute atomic E-state index is 0.200. The molecule has 0 bridgehead atoms. The molecule has 3 N–H and O–H groups in total. The highest BCUT2D eigenvalue weighted by Gasteiger charge is 2.48. The van der Waals surface area contributed by atoms with Gasteiger partial charge in [-0.25, -0.2) is 18.7 Å². The predicted octanol–water partition coefficient (Wildman–Crippen LogP) is 3.57. The van der Waals surface area contributed by atoms with Gasteiger partial charge in [0.25, 0.3) is 0 Å². The van der Waals surface area contributed by atoms with Crippen LogP contribution in [-0.4, -0.2) is 33.6 Å². The molecule has 0 aliphatic heterocycles. The number of aryl methyl sites for hydroxylation is 1. The summed E-state index contributed by atoms with van der Waals surface area (Å²) < 4.78 is 28.1. The normalized spacial score (nSPS) is 20.4. The zero-order valence-corrected chi connectivity index (χ0v) is 16.4. The minimum atomic E-state index is -0.977. The average molecular weight is 409 g/mol. The molecule has 1 aliphatic carbocycles. The number of hydrogen-bond donors (Lipinski definition) is 2. The Labute approximate surface area is 172 Å². The predicted molar refractivity (Wildman–Crippen MR) is 109 cm³/mol. The Kier molecular flexibility index (Phi) is 5.15. The van der Waals surface area contributed by atoms with E-state index in [1.165, 1.54) is 6.07 Å². The van der Waals surface area contributed by atoms with E-state index in [2.05, 4.69) is 20.3 Å². The second-order valence-electron chi connectivity index (χ2n) is 7.66. The number of amides is 1. The van der Waals surface area contributed by atoms with Crippen LogP contribution in [0.4, 0.5) is 14.7 Å². The lowest BCUT2D eigenvalue weighted by molar-refractivity contribution is 0.0961. The van der Waals surface area contributed by atoms with Crippen molar-refractivity contribution in [3.05, 3.63) is 71.6 Å². The zero-order valence-electron chi connectivity index (χ0n) is 16.4. The summed E-state index contributed by atoms with van der Waals surface area (Å²) >= 11 is 0. The van der Waals surface area contributed by atoms with E-state index >= 15 is 0 Å². The topological polar surface area (TPSA) is 93.8 Å². The SMILES string of the molecule is Cc1ccc(F)c([C@]2(CNc3ncc(-c4cccc(C(N)=O)c4)cn3)C[C@@H](F)C2)n1. The van der Waals surface area contributed by atoms with Crippen LogP contribution in [0.15, 0.2) is 48.8 Å². The molecular weight excluding hydrogens is 388 g/mol. The van der Waals surface area contributed by atoms with E-state index in [1.54, 1.807) is 43.6 Å². The third-order valence-corrected chi connectivity index (χ3v) is 5.43. The van der Waals surface area contributed by atoms with Gasteiger partial charge in [0.15, 0.2) is 0 Å². The molecule has 154 valence electrons. The van der Waals surface area contributed by atoms with Gasteiger partial charge in [-0.05, 0) is 49.6 Å². The number of alkyl halides is 1. The van der Waals surface area contributed by atoms with Crippen LogP contribution in [0.3, 0.4) is 0 Å². The van der Waals surface area contributed by atoms with E-state index in [1.807, 2.05) is 6.07 Å². The Bertz CT molecular complexity index is 1080. The van der Waals surface area contributed by atoms with E-state index in [-0.39, 0.29) is 25.1 Å². The number of aromatic nitrogens is 3. The second kappa shape index (κ2) is 7.78. The van der Waals surface area contributed by atoms with Crippen LogP contribution < -0.4 is 11.1 Å². The van der Waals surface area contributed by atoms with Crippen LogP contribution in [0.1, 0.15) is 34.6 Å². The van der Waals surface area contributed by atoms with Crippen LogP contribution in [0.5, 0.6) is 0 Å². The number of hydrogen-bond acceptors (Lipinski definition) is 5. The van der Waals surface area contributed by atoms with Crippen molar-refractivity contribution in [3.8, 4) is 11.1 Å². The van der Waals surface area contributed by atoms with Crippen LogP contribution >= 0.6 is 0 Å². The van der Waals surface area contributed by atoms with Gasteiger partial charge in [0.05, 0.1) is 5.69 Å². The fourth-order valence-electron chi connectivity index (χ4n) is 3.79. The quantitative estimate of drug-likeness (QED) is 0.649. The Morgan fingerprint density at radius 3 is 2.60 bits per heavy atom. The maximum absolute atomic E-state index is 14.4. The van der Waals surface area contributed by atoms with E-state index < -0.39 is 23.3 Å². The van der Waals surface area contributed by atoms with Crippen LogP contribution in [0, 0.1) is 12.7 Å². The van der Waals surface area contributed by atoms with Gasteiger partial charge in [-0.15, -0.1) is 0 Å². The van der Waals surface area contributed by atoms with Gasteiger partial charge in [-0.3, -0.25) is 9.78 Å². The summed E-state index contributed by atoms with van der Waals surface area (Å²) in [7, 11) is 0. The average Bonchev–Trinajstić information content (AvgIpc) is 2.72. The number of anilines is 1. The zero-order chi connectivity index (χ0) is 21.3. The van der Waals surface area contributed by atoms with Gasteiger partial charge in [0, 0.05) is 41.2 Å². The molecule has 0 spiro atoms. The lowest BCUT2D eigenvalue weighted by Gasteiger charge is -2.44. The number of rotatable bonds is 6. The first-order chi connectivity index (χ1) is 14.4. The van der Waals surface area contributed by atoms with Crippen LogP contribution in [0.25, 0.3) is 11.1 Å². The Hall–Kier alpha value is -3.42. The molecule has 0 saturated heterocycles. The summed E-state index contributed by atoms with van der Waals surface area (Å²) in [5.74, 6) is -0.593. The third kappa shape index (κ3) is 3.85. The number of halogens is 2. The Morgan fingerprint density at radius 1 is 1.20 bits per heavy atom. The number of nitrogens with two attached hydrogens (primary N) is 1. The molecular formula is C22H21F2N5O. The van der Waals surface area contributed by atoms with E-state index in [9.17, 15) is 13.6 Å². The molecule has 2 heterocycles. The van der Waals surface area contributed by atoms with Crippen molar-refractivity contribution in [3.63, 3.8) is 0 Å². The minimum Gasteiger partial charge on any atom is -0.366 e. The molecule has 8 heteroatoms. The number of nitrogens with one attached hydrogen (secondary N) is 1. The summed E-state index contributed by atoms with van der Waals surface area (Å²) in [5, 5.41) is 3.09. The first-order valence-electron chi connectivity index (χ1n) is 9.60. The Balaban J connectivity index is 1.51. The Morgan fingerprint density at radius 2 is 1.93 bits per heavy atom. The summed E-state index contributed by atoms with van der Waals surface area (Å²) in [5.41, 5.74) is 7.44. The molecule has 30 heavy (non-hydrogen) atoms. The second-order valence-corrected chi connectivity index (χ2v) is 7.66. The van der Waals surface area contributed by atoms with Crippen LogP contribution in [-0.2, 0) is 5.41 Å². The molecule has 3 aromatic rings. The van der Waals surface area contributed by atoms with E-state index in [0.29, 0.717) is 17.2 Å². The highest BCUT2D eigenvalue weighted by Crippen LogP contribution is 2.45. The van der Waals surface area contributed by atoms with Gasteiger partial charge >= 0.3 is 0 Å². The summed E-state index contributed by atoms with van der Waals surface area (Å²) in [6, 6.07) is 9.84. The lowest BCUT2D eigenvalue weighted by atomic mass is 9.65. The fraction of sp³-hybridized carbons (Fsp3) is 0.273. The van der Waals surface area contributed by atoms with Crippen molar-refractivity contribution in [1.82, 2.24) is 15.0 Å². The third-order valence-electron chi connectivity index (χ3n) is 5.43. The van der Waals surface area contributed by atoms with Crippen molar-refractivity contribution < 1.29 is 13.6 Å². The molecule has 4 rings (SSSR count). The summed E-state index contributed by atoms with van der Waals surface area (Å²) in [6.45, 7) is 2.06. The molecule has 1 fully saturated rings. The molecule has 1 aliphatic rings. The highest BCUT2D eigenvalue weighted by molar-refractivity contribution is 5.94. The van der Waals surface area contributed by atoms with Crippen molar-refractivity contribution in [2.24, 2.45) is 5.73 Å². The molecule has 2 aromatic heterocycles. The van der Waals surface area contributed by atoms with Gasteiger partial charge in [0.1, 0.15) is 12.0 Å². The number of pyridine rings is 1. The van der Waals surface area contributed by atoms with Crippen LogP contribution in [0.2, 0.25) is 0 Å². The maximum Gasteiger partial charge on any atom is 0.248 e. The molecule has 0 atom stereocenters. The van der Waals surface area contributed by atoms with E-state index in [0.717, 1.165) is 11.1 Å². The molecule has 0 unspecified atom stereocenters. The molecule has 6 nitrogen and oxygen atoms in total. The summed E-state index contributed by atoms with van der Waals surface area (Å²) in [6.07, 6.45) is 2.66. The number of nitrogens with zero attached hydrogens (tertiary/aromatic N) is 3. The summed E-state index contributed by atoms with van der Waals surface area (Å²) in [4.78, 5) is 24.3. The largest absolute Gasteiger partial charge is 0.366 e. The van der Waals surface area contributed by atoms with Crippen molar-refractivity contribution in [2.45, 2.75) is 31.4 Å². The van der Waals surface area contributed by atoms with Gasteiger partial charge < -0.3 is 11.1 Å². The highest BCUT2D eigenvalue weighted by atomic mass is 19.1. The van der Waals surface area contributed by atoms with Gasteiger partial charge in [-0.1, -0.05) is 12.1 Å². The van der Waals surface area contributed by atoms with Crippen molar-refractivity contribution in [2.75, 3.05) is 11.9 Å². The number of primary amides is 1. The molecule has 1 amide bonds. The first-order valence-corrected chi connectivity index (χ1v) is 9.60. The lowest BCUT2D eigenvalue weighted by Crippen LogP contribution is -2.49. The van der Waals surface area contributed by atoms with E-state index in [4.69, 9.17) is 5.73 Å². The van der Waals surface area contributed by atoms with Crippen molar-refractivity contribution in [1.29, 1.82) is 0 Å². The first kappa shape index (κ1) is 19.9. The molecule has 0 radical (unpaired) electrons. The smallest absolute Gasteiger partial charge is 0.248 e. The number of benzene rings is 1. The number of carbonyl (C=O) groups is 1. The monoisotopic (exact) mass is 409 g/mol. The number of carbonyl (C=O) groups excluding carboxylic acids is 1. The molecule has 1 saturated carbocycles. The van der Waals surface area contributed by atoms with Gasteiger partial charge in [-0.2, -0.15) is 0 Å². The van der Waals surface area contributed by atoms with Gasteiger partial charge in [0.2, 0.25) is 11.9 Å². The standard InChI is InChI=1S/C22H21F2N5O/c1-13-5-6-18(24)19(29-13)22(8-17(23)9-22)12-28-21-26-10-16(11-27-21)14-3-2-4-15(7-14)20(25)30/h2-7,10-11,17H,8-9,12H2,1H3,(H2,25,30)(H,26,27,28)/t17-,22-. The molecule has 1 aromatic carbocycles. The van der Waals surface area contributed by atoms with Crippen molar-refractivity contribution >= 4 is 11.9 Å². The maximum atomic E-state index is 14.4.